The first kappa shape index (κ1) is 35.3. The number of sulfonamides is 1. The van der Waals surface area contributed by atoms with Gasteiger partial charge < -0.3 is 24.4 Å². The molecule has 0 bridgehead atoms. The summed E-state index contributed by atoms with van der Waals surface area (Å²) in [6, 6.07) is 28.5. The minimum Gasteiger partial charge on any atom is -0.497 e. The third kappa shape index (κ3) is 8.72. The van der Waals surface area contributed by atoms with Crippen LogP contribution in [-0.2, 0) is 32.6 Å². The Labute approximate surface area is 288 Å². The van der Waals surface area contributed by atoms with Gasteiger partial charge in [-0.15, -0.1) is 0 Å². The topological polar surface area (TPSA) is 114 Å². The molecule has 11 heteroatoms. The second-order valence-electron chi connectivity index (χ2n) is 11.9. The number of carbonyl (C=O) groups excluding carboxylic acids is 2. The van der Waals surface area contributed by atoms with E-state index >= 15 is 0 Å². The lowest BCUT2D eigenvalue weighted by atomic mass is 10.0. The van der Waals surface area contributed by atoms with Crippen LogP contribution in [0.15, 0.2) is 108 Å². The summed E-state index contributed by atoms with van der Waals surface area (Å²) >= 11 is 0. The Bertz CT molecular complexity index is 1810. The zero-order valence-corrected chi connectivity index (χ0v) is 28.9. The summed E-state index contributed by atoms with van der Waals surface area (Å²) in [7, 11) is 0.235. The highest BCUT2D eigenvalue weighted by atomic mass is 32.2. The van der Waals surface area contributed by atoms with E-state index in [1.54, 1.807) is 43.5 Å². The molecule has 0 unspecified atom stereocenters. The highest BCUT2D eigenvalue weighted by molar-refractivity contribution is 7.92. The van der Waals surface area contributed by atoms with Gasteiger partial charge in [0.2, 0.25) is 11.8 Å². The molecular weight excluding hydrogens is 642 g/mol. The summed E-state index contributed by atoms with van der Waals surface area (Å²) in [4.78, 5) is 30.5. The lowest BCUT2D eigenvalue weighted by molar-refractivity contribution is -0.140. The first-order valence-electron chi connectivity index (χ1n) is 16.3. The van der Waals surface area contributed by atoms with Gasteiger partial charge in [-0.1, -0.05) is 73.5 Å². The first-order chi connectivity index (χ1) is 23.7. The summed E-state index contributed by atoms with van der Waals surface area (Å²) in [6.45, 7) is -0.546. The molecule has 1 saturated carbocycles. The van der Waals surface area contributed by atoms with Crippen LogP contribution in [0.4, 0.5) is 5.69 Å². The largest absolute Gasteiger partial charge is 0.497 e. The molecule has 4 aromatic rings. The van der Waals surface area contributed by atoms with E-state index in [9.17, 15) is 18.0 Å². The van der Waals surface area contributed by atoms with Crippen LogP contribution in [-0.4, -0.2) is 65.1 Å². The highest BCUT2D eigenvalue weighted by Gasteiger charge is 2.36. The van der Waals surface area contributed by atoms with E-state index in [4.69, 9.17) is 14.2 Å². The second kappa shape index (κ2) is 16.4. The zero-order valence-electron chi connectivity index (χ0n) is 28.1. The molecule has 0 heterocycles. The van der Waals surface area contributed by atoms with Crippen LogP contribution in [0.5, 0.6) is 17.2 Å². The average Bonchev–Trinajstić information content (AvgIpc) is 3.65. The third-order valence-electron chi connectivity index (χ3n) is 8.72. The molecule has 49 heavy (non-hydrogen) atoms. The molecule has 1 aliphatic rings. The summed E-state index contributed by atoms with van der Waals surface area (Å²) in [6.07, 6.45) is 4.03. The number of hydrogen-bond donors (Lipinski definition) is 1. The highest BCUT2D eigenvalue weighted by Crippen LogP contribution is 2.34. The number of methoxy groups -OCH3 is 3. The Morgan fingerprint density at radius 3 is 2.08 bits per heavy atom. The molecule has 0 saturated heterocycles. The molecule has 2 amide bonds. The standard InChI is InChI=1S/C38H43N3O7S/c1-46-32-18-12-15-29(23-32)26-40(34(24-28-13-6-4-7-14-28)38(43)39-30-16-10-11-17-30)37(42)27-41(49(44,45)33-19-8-5-9-20-33)31-21-22-35(47-2)36(25-31)48-3/h4-9,12-15,18-23,25,30,34H,10-11,16-17,24,26-27H2,1-3H3,(H,39,43)/t34-/m1/s1. The maximum Gasteiger partial charge on any atom is 0.264 e. The van der Waals surface area contributed by atoms with Crippen molar-refractivity contribution in [1.29, 1.82) is 0 Å². The molecule has 1 fully saturated rings. The van der Waals surface area contributed by atoms with Crippen molar-refractivity contribution < 1.29 is 32.2 Å². The normalized spacial score (nSPS) is 13.7. The Hall–Kier alpha value is -5.03. The minimum absolute atomic E-state index is 0.0109. The van der Waals surface area contributed by atoms with Crippen molar-refractivity contribution in [2.24, 2.45) is 0 Å². The fraction of sp³-hybridized carbons (Fsp3) is 0.316. The fourth-order valence-electron chi connectivity index (χ4n) is 6.12. The van der Waals surface area contributed by atoms with Gasteiger partial charge in [-0.3, -0.25) is 13.9 Å². The molecule has 0 spiro atoms. The molecule has 5 rings (SSSR count). The molecule has 0 radical (unpaired) electrons. The number of anilines is 1. The summed E-state index contributed by atoms with van der Waals surface area (Å²) in [5.74, 6) is 0.460. The van der Waals surface area contributed by atoms with Crippen LogP contribution in [0.1, 0.15) is 36.8 Å². The van der Waals surface area contributed by atoms with Gasteiger partial charge in [0.25, 0.3) is 10.0 Å². The van der Waals surface area contributed by atoms with Crippen LogP contribution in [0.25, 0.3) is 0 Å². The van der Waals surface area contributed by atoms with Gasteiger partial charge in [0, 0.05) is 25.1 Å². The predicted molar refractivity (Wildman–Crippen MR) is 188 cm³/mol. The fourth-order valence-corrected chi connectivity index (χ4v) is 7.54. The number of ether oxygens (including phenoxy) is 3. The van der Waals surface area contributed by atoms with Crippen LogP contribution in [0.2, 0.25) is 0 Å². The van der Waals surface area contributed by atoms with Crippen molar-refractivity contribution >= 4 is 27.5 Å². The van der Waals surface area contributed by atoms with Crippen LogP contribution >= 0.6 is 0 Å². The van der Waals surface area contributed by atoms with Gasteiger partial charge in [-0.25, -0.2) is 8.42 Å². The number of hydrogen-bond acceptors (Lipinski definition) is 7. The van der Waals surface area contributed by atoms with Crippen molar-refractivity contribution in [3.8, 4) is 17.2 Å². The van der Waals surface area contributed by atoms with E-state index in [1.807, 2.05) is 48.5 Å². The zero-order chi connectivity index (χ0) is 34.8. The van der Waals surface area contributed by atoms with Crippen molar-refractivity contribution in [3.05, 3.63) is 114 Å². The van der Waals surface area contributed by atoms with Crippen molar-refractivity contribution in [2.45, 2.75) is 55.6 Å². The number of nitrogens with zero attached hydrogens (tertiary/aromatic N) is 2. The first-order valence-corrected chi connectivity index (χ1v) is 17.7. The number of benzene rings is 4. The molecule has 0 aromatic heterocycles. The second-order valence-corrected chi connectivity index (χ2v) is 13.8. The van der Waals surface area contributed by atoms with E-state index in [-0.39, 0.29) is 35.5 Å². The molecule has 1 aliphatic carbocycles. The summed E-state index contributed by atoms with van der Waals surface area (Å²) in [5.41, 5.74) is 1.79. The number of amides is 2. The smallest absolute Gasteiger partial charge is 0.264 e. The maximum atomic E-state index is 14.8. The van der Waals surface area contributed by atoms with E-state index in [0.29, 0.717) is 17.2 Å². The molecule has 10 nitrogen and oxygen atoms in total. The molecule has 4 aromatic carbocycles. The molecule has 1 N–H and O–H groups in total. The molecule has 0 aliphatic heterocycles. The van der Waals surface area contributed by atoms with E-state index < -0.39 is 28.5 Å². The molecule has 258 valence electrons. The summed E-state index contributed by atoms with van der Waals surface area (Å²) < 4.78 is 46.0. The third-order valence-corrected chi connectivity index (χ3v) is 10.5. The van der Waals surface area contributed by atoms with Crippen LogP contribution in [0.3, 0.4) is 0 Å². The lowest BCUT2D eigenvalue weighted by Crippen LogP contribution is -2.54. The van der Waals surface area contributed by atoms with Gasteiger partial charge in [0.15, 0.2) is 11.5 Å². The van der Waals surface area contributed by atoms with Crippen molar-refractivity contribution in [2.75, 3.05) is 32.2 Å². The van der Waals surface area contributed by atoms with E-state index in [2.05, 4.69) is 5.32 Å². The van der Waals surface area contributed by atoms with Crippen LogP contribution in [0, 0.1) is 0 Å². The Balaban J connectivity index is 1.60. The Kier molecular flexibility index (Phi) is 11.8. The van der Waals surface area contributed by atoms with E-state index in [0.717, 1.165) is 41.1 Å². The van der Waals surface area contributed by atoms with E-state index in [1.165, 1.54) is 37.3 Å². The maximum absolute atomic E-state index is 14.8. The summed E-state index contributed by atoms with van der Waals surface area (Å²) in [5, 5.41) is 3.19. The Morgan fingerprint density at radius 1 is 0.776 bits per heavy atom. The Morgan fingerprint density at radius 2 is 1.43 bits per heavy atom. The average molecular weight is 686 g/mol. The van der Waals surface area contributed by atoms with Crippen molar-refractivity contribution in [1.82, 2.24) is 10.2 Å². The predicted octanol–water partition coefficient (Wildman–Crippen LogP) is 5.61. The number of carbonyl (C=O) groups is 2. The minimum atomic E-state index is -4.27. The number of nitrogens with one attached hydrogen (secondary N) is 1. The lowest BCUT2D eigenvalue weighted by Gasteiger charge is -2.34. The molecule has 1 atom stereocenters. The molecular formula is C38H43N3O7S. The quantitative estimate of drug-likeness (QED) is 0.173. The van der Waals surface area contributed by atoms with Crippen molar-refractivity contribution in [3.63, 3.8) is 0 Å². The van der Waals surface area contributed by atoms with Gasteiger partial charge in [0.1, 0.15) is 18.3 Å². The number of rotatable bonds is 15. The van der Waals surface area contributed by atoms with Gasteiger partial charge in [-0.2, -0.15) is 0 Å². The van der Waals surface area contributed by atoms with Gasteiger partial charge in [-0.05, 0) is 60.4 Å². The van der Waals surface area contributed by atoms with Crippen LogP contribution < -0.4 is 23.8 Å². The monoisotopic (exact) mass is 685 g/mol. The SMILES string of the molecule is COc1cccc(CN(C(=O)CN(c2ccc(OC)c(OC)c2)S(=O)(=O)c2ccccc2)[C@H](Cc2ccccc2)C(=O)NC2CCCC2)c1. The van der Waals surface area contributed by atoms with Gasteiger partial charge >= 0.3 is 0 Å². The van der Waals surface area contributed by atoms with Gasteiger partial charge in [0.05, 0.1) is 31.9 Å².